The van der Waals surface area contributed by atoms with E-state index in [2.05, 4.69) is 30.6 Å². The molecule has 1 aliphatic heterocycles. The molecule has 29 heavy (non-hydrogen) atoms. The molecule has 0 saturated carbocycles. The lowest BCUT2D eigenvalue weighted by Crippen LogP contribution is -2.42. The van der Waals surface area contributed by atoms with E-state index in [4.69, 9.17) is 4.74 Å². The number of hydrogen-bond donors (Lipinski definition) is 2. The van der Waals surface area contributed by atoms with Crippen LogP contribution in [0.4, 0.5) is 4.79 Å². The number of carbonyl (C=O) groups is 2. The Morgan fingerprint density at radius 2 is 2.17 bits per heavy atom. The quantitative estimate of drug-likeness (QED) is 0.629. The van der Waals surface area contributed by atoms with Gasteiger partial charge in [0.2, 0.25) is 5.88 Å². The molecule has 2 amide bonds. The third-order valence-corrected chi connectivity index (χ3v) is 4.53. The number of likely N-dealkylation sites (tertiary alicyclic amines) is 1. The third kappa shape index (κ3) is 4.08. The second kappa shape index (κ2) is 8.09. The van der Waals surface area contributed by atoms with Crippen LogP contribution in [0.1, 0.15) is 22.6 Å². The second-order valence-electron chi connectivity index (χ2n) is 6.55. The fourth-order valence-electron chi connectivity index (χ4n) is 2.82. The normalized spacial score (nSPS) is 13.1. The van der Waals surface area contributed by atoms with E-state index < -0.39 is 6.09 Å². The van der Waals surface area contributed by atoms with E-state index >= 15 is 0 Å². The zero-order chi connectivity index (χ0) is 20.2. The first-order valence-corrected chi connectivity index (χ1v) is 9.20. The van der Waals surface area contributed by atoms with Gasteiger partial charge in [-0.1, -0.05) is 0 Å². The predicted octanol–water partition coefficient (Wildman–Crippen LogP) is 0.777. The molecule has 11 heteroatoms. The van der Waals surface area contributed by atoms with Crippen LogP contribution in [0, 0.1) is 0 Å². The van der Waals surface area contributed by atoms with Gasteiger partial charge in [-0.05, 0) is 18.6 Å². The average molecular weight is 396 g/mol. The van der Waals surface area contributed by atoms with Gasteiger partial charge in [-0.2, -0.15) is 10.2 Å². The highest BCUT2D eigenvalue weighted by atomic mass is 16.6. The molecule has 4 rings (SSSR count). The maximum Gasteiger partial charge on any atom is 0.413 e. The number of rotatable bonds is 6. The molecule has 1 aliphatic rings. The summed E-state index contributed by atoms with van der Waals surface area (Å²) >= 11 is 0. The summed E-state index contributed by atoms with van der Waals surface area (Å²) in [6, 6.07) is 3.67. The van der Waals surface area contributed by atoms with Crippen molar-refractivity contribution in [1.29, 1.82) is 0 Å². The molecule has 0 aromatic carbocycles. The Morgan fingerprint density at radius 3 is 2.90 bits per heavy atom. The highest BCUT2D eigenvalue weighted by Crippen LogP contribution is 2.21. The molecule has 0 unspecified atom stereocenters. The van der Waals surface area contributed by atoms with E-state index in [1.807, 2.05) is 12.1 Å². The van der Waals surface area contributed by atoms with Crippen LogP contribution in [0.25, 0.3) is 11.4 Å². The lowest BCUT2D eigenvalue weighted by molar-refractivity contribution is 0.0648. The number of hydrogen-bond acceptors (Lipinski definition) is 7. The Kier molecular flexibility index (Phi) is 5.18. The van der Waals surface area contributed by atoms with E-state index in [-0.39, 0.29) is 23.9 Å². The van der Waals surface area contributed by atoms with Crippen molar-refractivity contribution >= 4 is 12.0 Å². The zero-order valence-corrected chi connectivity index (χ0v) is 15.8. The predicted molar refractivity (Wildman–Crippen MR) is 101 cm³/mol. The summed E-state index contributed by atoms with van der Waals surface area (Å²) in [4.78, 5) is 34.7. The molecule has 0 radical (unpaired) electrons. The van der Waals surface area contributed by atoms with Gasteiger partial charge in [0.1, 0.15) is 11.4 Å². The van der Waals surface area contributed by atoms with Crippen molar-refractivity contribution in [3.05, 3.63) is 42.1 Å². The number of nitrogens with one attached hydrogen (secondary N) is 2. The smallest absolute Gasteiger partial charge is 0.391 e. The summed E-state index contributed by atoms with van der Waals surface area (Å²) < 4.78 is 6.68. The standard InChI is InChI=1S/C18H20N8O3/c1-25-17(13(11-21-25)16(27)26-8-3-9-26)29-18(28)20-7-5-14-22-15(24-23-14)12-4-2-6-19-10-12/h2,4,6,10-11H,3,5,7-9H2,1H3,(H,20,28)(H,22,23,24). The minimum atomic E-state index is -0.668. The van der Waals surface area contributed by atoms with Crippen LogP contribution in [0.3, 0.4) is 0 Å². The topological polar surface area (TPSA) is 131 Å². The number of pyridine rings is 1. The van der Waals surface area contributed by atoms with Crippen molar-refractivity contribution < 1.29 is 14.3 Å². The van der Waals surface area contributed by atoms with Gasteiger partial charge < -0.3 is 15.0 Å². The summed E-state index contributed by atoms with van der Waals surface area (Å²) in [5, 5.41) is 13.6. The Morgan fingerprint density at radius 1 is 1.31 bits per heavy atom. The van der Waals surface area contributed by atoms with Gasteiger partial charge in [0.25, 0.3) is 5.91 Å². The first-order chi connectivity index (χ1) is 14.1. The van der Waals surface area contributed by atoms with Crippen LogP contribution < -0.4 is 10.1 Å². The van der Waals surface area contributed by atoms with Crippen LogP contribution in [0.2, 0.25) is 0 Å². The van der Waals surface area contributed by atoms with Crippen LogP contribution in [0.5, 0.6) is 5.88 Å². The highest BCUT2D eigenvalue weighted by molar-refractivity contribution is 5.97. The number of H-pyrrole nitrogens is 1. The van der Waals surface area contributed by atoms with Gasteiger partial charge in [-0.25, -0.2) is 14.5 Å². The molecule has 11 nitrogen and oxygen atoms in total. The molecule has 4 heterocycles. The summed E-state index contributed by atoms with van der Waals surface area (Å²) in [6.07, 6.45) is 5.52. The summed E-state index contributed by atoms with van der Waals surface area (Å²) in [6.45, 7) is 1.70. The fourth-order valence-corrected chi connectivity index (χ4v) is 2.82. The number of aromatic nitrogens is 6. The average Bonchev–Trinajstić information content (AvgIpc) is 3.29. The number of carbonyl (C=O) groups excluding carboxylic acids is 2. The Hall–Kier alpha value is -3.76. The minimum absolute atomic E-state index is 0.123. The molecule has 0 aliphatic carbocycles. The summed E-state index contributed by atoms with van der Waals surface area (Å²) in [5.74, 6) is 1.10. The van der Waals surface area contributed by atoms with Crippen molar-refractivity contribution in [3.8, 4) is 17.3 Å². The number of aromatic amines is 1. The second-order valence-corrected chi connectivity index (χ2v) is 6.55. The van der Waals surface area contributed by atoms with E-state index in [0.29, 0.717) is 31.2 Å². The molecular formula is C18H20N8O3. The van der Waals surface area contributed by atoms with Gasteiger partial charge in [0, 0.05) is 51.1 Å². The number of nitrogens with zero attached hydrogens (tertiary/aromatic N) is 6. The van der Waals surface area contributed by atoms with Crippen molar-refractivity contribution in [2.75, 3.05) is 19.6 Å². The maximum atomic E-state index is 12.4. The Bertz CT molecular complexity index is 1010. The summed E-state index contributed by atoms with van der Waals surface area (Å²) in [5.41, 5.74) is 1.08. The van der Waals surface area contributed by atoms with E-state index in [0.717, 1.165) is 12.0 Å². The fraction of sp³-hybridized carbons (Fsp3) is 0.333. The molecule has 0 atom stereocenters. The van der Waals surface area contributed by atoms with Crippen LogP contribution in [0.15, 0.2) is 30.7 Å². The van der Waals surface area contributed by atoms with E-state index in [1.54, 1.807) is 24.3 Å². The molecule has 3 aromatic rings. The molecule has 1 saturated heterocycles. The lowest BCUT2D eigenvalue weighted by Gasteiger charge is -2.30. The first-order valence-electron chi connectivity index (χ1n) is 9.20. The molecule has 150 valence electrons. The lowest BCUT2D eigenvalue weighted by atomic mass is 10.2. The number of ether oxygens (including phenoxy) is 1. The molecule has 0 bridgehead atoms. The zero-order valence-electron chi connectivity index (χ0n) is 15.8. The largest absolute Gasteiger partial charge is 0.413 e. The van der Waals surface area contributed by atoms with Gasteiger partial charge in [0.05, 0.1) is 6.20 Å². The number of amides is 2. The van der Waals surface area contributed by atoms with Crippen molar-refractivity contribution in [1.82, 2.24) is 40.2 Å². The van der Waals surface area contributed by atoms with Crippen LogP contribution in [-0.4, -0.2) is 66.5 Å². The Labute approximate surface area is 166 Å². The van der Waals surface area contributed by atoms with Gasteiger partial charge >= 0.3 is 6.09 Å². The van der Waals surface area contributed by atoms with Crippen LogP contribution in [-0.2, 0) is 13.5 Å². The highest BCUT2D eigenvalue weighted by Gasteiger charge is 2.27. The van der Waals surface area contributed by atoms with Gasteiger partial charge in [0.15, 0.2) is 5.82 Å². The molecule has 1 fully saturated rings. The minimum Gasteiger partial charge on any atom is -0.391 e. The SMILES string of the molecule is Cn1ncc(C(=O)N2CCC2)c1OC(=O)NCCc1nc(-c2cccnc2)n[nH]1. The third-order valence-electron chi connectivity index (χ3n) is 4.53. The number of aryl methyl sites for hydroxylation is 1. The van der Waals surface area contributed by atoms with Gasteiger partial charge in [-0.3, -0.25) is 14.9 Å². The Balaban J connectivity index is 1.30. The van der Waals surface area contributed by atoms with E-state index in [9.17, 15) is 9.59 Å². The van der Waals surface area contributed by atoms with Crippen LogP contribution >= 0.6 is 0 Å². The van der Waals surface area contributed by atoms with Gasteiger partial charge in [-0.15, -0.1) is 0 Å². The molecular weight excluding hydrogens is 376 g/mol. The molecule has 0 spiro atoms. The summed E-state index contributed by atoms with van der Waals surface area (Å²) in [7, 11) is 1.62. The maximum absolute atomic E-state index is 12.4. The van der Waals surface area contributed by atoms with Crippen molar-refractivity contribution in [2.24, 2.45) is 7.05 Å². The van der Waals surface area contributed by atoms with Crippen molar-refractivity contribution in [3.63, 3.8) is 0 Å². The van der Waals surface area contributed by atoms with E-state index in [1.165, 1.54) is 10.9 Å². The first kappa shape index (κ1) is 18.6. The molecule has 2 N–H and O–H groups in total. The molecule has 3 aromatic heterocycles. The monoisotopic (exact) mass is 396 g/mol. The van der Waals surface area contributed by atoms with Crippen molar-refractivity contribution in [2.45, 2.75) is 12.8 Å².